The van der Waals surface area contributed by atoms with Gasteiger partial charge in [0.25, 0.3) is 0 Å². The second-order valence-electron chi connectivity index (χ2n) is 4.66. The zero-order chi connectivity index (χ0) is 15.0. The molecule has 5 heteroatoms. The smallest absolute Gasteiger partial charge is 0.497 e. The predicted molar refractivity (Wildman–Crippen MR) is 73.6 cm³/mol. The molecule has 0 aliphatic rings. The summed E-state index contributed by atoms with van der Waals surface area (Å²) in [5, 5.41) is 8.99. The normalized spacial score (nSPS) is 10.2. The van der Waals surface area contributed by atoms with E-state index in [1.807, 2.05) is 0 Å². The molecule has 0 unspecified atom stereocenters. The van der Waals surface area contributed by atoms with Gasteiger partial charge in [-0.1, -0.05) is 11.8 Å². The van der Waals surface area contributed by atoms with Gasteiger partial charge in [0.15, 0.2) is 6.61 Å². The van der Waals surface area contributed by atoms with E-state index >= 15 is 0 Å². The average molecular weight is 278 g/mol. The van der Waals surface area contributed by atoms with Gasteiger partial charge in [-0.15, -0.1) is 0 Å². The van der Waals surface area contributed by atoms with Crippen LogP contribution in [0.15, 0.2) is 24.3 Å². The van der Waals surface area contributed by atoms with Crippen LogP contribution in [0, 0.1) is 17.3 Å². The summed E-state index contributed by atoms with van der Waals surface area (Å²) in [5.41, 5.74) is -0.511. The summed E-state index contributed by atoms with van der Waals surface area (Å²) in [4.78, 5) is 11.4. The molecule has 0 aliphatic heterocycles. The fourth-order valence-electron chi connectivity index (χ4n) is 1.18. The zero-order valence-corrected chi connectivity index (χ0v) is 11.8. The molecule has 0 heterocycles. The van der Waals surface area contributed by atoms with E-state index in [0.29, 0.717) is 11.5 Å². The van der Waals surface area contributed by atoms with E-state index in [1.165, 1.54) is 0 Å². The second-order valence-corrected chi connectivity index (χ2v) is 4.66. The van der Waals surface area contributed by atoms with Crippen molar-refractivity contribution in [3.8, 4) is 23.3 Å². The van der Waals surface area contributed by atoms with Gasteiger partial charge in [-0.05, 0) is 38.1 Å². The molecule has 1 N–H and O–H groups in total. The van der Waals surface area contributed by atoms with Crippen LogP contribution in [0.3, 0.4) is 0 Å². The summed E-state index contributed by atoms with van der Waals surface area (Å²) in [6, 6.07) is 6.54. The van der Waals surface area contributed by atoms with Crippen molar-refractivity contribution < 1.29 is 24.1 Å². The van der Waals surface area contributed by atoms with Crippen molar-refractivity contribution in [2.75, 3.05) is 20.3 Å². The largest absolute Gasteiger partial charge is 0.514 e. The van der Waals surface area contributed by atoms with Crippen LogP contribution in [0.1, 0.15) is 13.8 Å². The standard InChI is InChI=1S/C15H18O5/c1-15(2,11-16)9-4-10-19-14(17)20-13-7-5-12(18-3)6-8-13/h5-8,16H,10-11H2,1-3H3. The molecule has 0 spiro atoms. The molecule has 108 valence electrons. The molecule has 0 aliphatic carbocycles. The molecule has 20 heavy (non-hydrogen) atoms. The maximum absolute atomic E-state index is 11.4. The molecule has 0 saturated carbocycles. The van der Waals surface area contributed by atoms with Gasteiger partial charge in [0.1, 0.15) is 11.5 Å². The summed E-state index contributed by atoms with van der Waals surface area (Å²) in [6.45, 7) is 3.43. The average Bonchev–Trinajstić information content (AvgIpc) is 2.44. The van der Waals surface area contributed by atoms with E-state index in [2.05, 4.69) is 11.8 Å². The van der Waals surface area contributed by atoms with E-state index < -0.39 is 11.6 Å². The van der Waals surface area contributed by atoms with Crippen molar-refractivity contribution in [2.45, 2.75) is 13.8 Å². The topological polar surface area (TPSA) is 65.0 Å². The van der Waals surface area contributed by atoms with Gasteiger partial charge in [-0.3, -0.25) is 0 Å². The van der Waals surface area contributed by atoms with Gasteiger partial charge in [-0.25, -0.2) is 4.79 Å². The Morgan fingerprint density at radius 1 is 1.25 bits per heavy atom. The summed E-state index contributed by atoms with van der Waals surface area (Å²) in [7, 11) is 1.55. The number of carbonyl (C=O) groups excluding carboxylic acids is 1. The van der Waals surface area contributed by atoms with Crippen LogP contribution in [0.5, 0.6) is 11.5 Å². The first-order valence-corrected chi connectivity index (χ1v) is 6.06. The number of aliphatic hydroxyl groups excluding tert-OH is 1. The number of carbonyl (C=O) groups is 1. The second kappa shape index (κ2) is 7.41. The first-order valence-electron chi connectivity index (χ1n) is 6.06. The minimum Gasteiger partial charge on any atom is -0.497 e. The molecule has 0 fully saturated rings. The van der Waals surface area contributed by atoms with Crippen LogP contribution >= 0.6 is 0 Å². The van der Waals surface area contributed by atoms with Crippen LogP contribution in [-0.2, 0) is 4.74 Å². The minimum atomic E-state index is -0.828. The molecule has 0 aromatic heterocycles. The highest BCUT2D eigenvalue weighted by atomic mass is 16.7. The molecular formula is C15H18O5. The lowest BCUT2D eigenvalue weighted by Gasteiger charge is -2.11. The lowest BCUT2D eigenvalue weighted by Crippen LogP contribution is -2.14. The molecule has 0 saturated heterocycles. The van der Waals surface area contributed by atoms with E-state index in [-0.39, 0.29) is 13.2 Å². The highest BCUT2D eigenvalue weighted by molar-refractivity contribution is 5.64. The Labute approximate surface area is 118 Å². The van der Waals surface area contributed by atoms with Crippen LogP contribution in [0.25, 0.3) is 0 Å². The molecule has 0 bridgehead atoms. The first-order chi connectivity index (χ1) is 9.46. The van der Waals surface area contributed by atoms with Gasteiger partial charge in [0.05, 0.1) is 13.7 Å². The number of hydrogen-bond acceptors (Lipinski definition) is 5. The summed E-state index contributed by atoms with van der Waals surface area (Å²) in [6.07, 6.45) is -0.828. The molecule has 5 nitrogen and oxygen atoms in total. The minimum absolute atomic E-state index is 0.0592. The van der Waals surface area contributed by atoms with Gasteiger partial charge in [0, 0.05) is 5.41 Å². The van der Waals surface area contributed by atoms with Crippen LogP contribution < -0.4 is 9.47 Å². The van der Waals surface area contributed by atoms with Crippen LogP contribution in [-0.4, -0.2) is 31.6 Å². The summed E-state index contributed by atoms with van der Waals surface area (Å²) >= 11 is 0. The molecule has 0 atom stereocenters. The van der Waals surface area contributed by atoms with Crippen LogP contribution in [0.4, 0.5) is 4.79 Å². The number of ether oxygens (including phenoxy) is 3. The molecule has 0 amide bonds. The van der Waals surface area contributed by atoms with Crippen LogP contribution in [0.2, 0.25) is 0 Å². The van der Waals surface area contributed by atoms with Crippen molar-refractivity contribution in [1.82, 2.24) is 0 Å². The Kier molecular flexibility index (Phi) is 5.88. The quantitative estimate of drug-likeness (QED) is 0.520. The fourth-order valence-corrected chi connectivity index (χ4v) is 1.18. The molecule has 1 aromatic carbocycles. The van der Waals surface area contributed by atoms with E-state index in [1.54, 1.807) is 45.2 Å². The summed E-state index contributed by atoms with van der Waals surface area (Å²) in [5.74, 6) is 6.48. The number of hydrogen-bond donors (Lipinski definition) is 1. The molecule has 1 aromatic rings. The number of rotatable bonds is 4. The lowest BCUT2D eigenvalue weighted by atomic mass is 9.96. The lowest BCUT2D eigenvalue weighted by molar-refractivity contribution is 0.111. The molecular weight excluding hydrogens is 260 g/mol. The predicted octanol–water partition coefficient (Wildman–Crippen LogP) is 2.23. The maximum atomic E-state index is 11.4. The van der Waals surface area contributed by atoms with Gasteiger partial charge >= 0.3 is 6.16 Å². The monoisotopic (exact) mass is 278 g/mol. The Bertz CT molecular complexity index is 493. The molecule has 0 radical (unpaired) electrons. The number of methoxy groups -OCH3 is 1. The first kappa shape index (κ1) is 15.9. The van der Waals surface area contributed by atoms with Crippen molar-refractivity contribution in [2.24, 2.45) is 5.41 Å². The van der Waals surface area contributed by atoms with E-state index in [4.69, 9.17) is 19.3 Å². The third-order valence-electron chi connectivity index (χ3n) is 2.34. The Balaban J connectivity index is 2.40. The summed E-state index contributed by atoms with van der Waals surface area (Å²) < 4.78 is 14.7. The van der Waals surface area contributed by atoms with Gasteiger partial charge in [-0.2, -0.15) is 0 Å². The number of aliphatic hydroxyl groups is 1. The van der Waals surface area contributed by atoms with Crippen molar-refractivity contribution in [1.29, 1.82) is 0 Å². The third kappa shape index (κ3) is 5.63. The van der Waals surface area contributed by atoms with Crippen molar-refractivity contribution in [3.63, 3.8) is 0 Å². The van der Waals surface area contributed by atoms with E-state index in [0.717, 1.165) is 0 Å². The highest BCUT2D eigenvalue weighted by Crippen LogP contribution is 2.17. The van der Waals surface area contributed by atoms with E-state index in [9.17, 15) is 4.79 Å². The Hall–Kier alpha value is -2.19. The van der Waals surface area contributed by atoms with Gasteiger partial charge in [0.2, 0.25) is 0 Å². The molecule has 1 rings (SSSR count). The Morgan fingerprint density at radius 2 is 1.85 bits per heavy atom. The number of benzene rings is 1. The van der Waals surface area contributed by atoms with Crippen molar-refractivity contribution in [3.05, 3.63) is 24.3 Å². The fraction of sp³-hybridized carbons (Fsp3) is 0.400. The van der Waals surface area contributed by atoms with Gasteiger partial charge < -0.3 is 19.3 Å². The Morgan fingerprint density at radius 3 is 2.40 bits per heavy atom. The maximum Gasteiger partial charge on any atom is 0.514 e. The highest BCUT2D eigenvalue weighted by Gasteiger charge is 2.11. The zero-order valence-electron chi connectivity index (χ0n) is 11.8. The third-order valence-corrected chi connectivity index (χ3v) is 2.34. The SMILES string of the molecule is COc1ccc(OC(=O)OCC#CC(C)(C)CO)cc1. The van der Waals surface area contributed by atoms with Crippen molar-refractivity contribution >= 4 is 6.16 Å².